The van der Waals surface area contributed by atoms with Crippen LogP contribution in [0.4, 0.5) is 13.2 Å². The van der Waals surface area contributed by atoms with E-state index < -0.39 is 11.7 Å². The molecule has 148 valence electrons. The van der Waals surface area contributed by atoms with E-state index in [2.05, 4.69) is 25.3 Å². The van der Waals surface area contributed by atoms with Gasteiger partial charge < -0.3 is 0 Å². The highest BCUT2D eigenvalue weighted by molar-refractivity contribution is 9.10. The smallest absolute Gasteiger partial charge is 0.166 e. The molecule has 0 fully saturated rings. The first-order valence-electron chi connectivity index (χ1n) is 9.01. The summed E-state index contributed by atoms with van der Waals surface area (Å²) in [6.07, 6.45) is -1.12. The SMILES string of the molecule is Br.FC(F)(F)c1cccc(-c2cc(-c3ccc(Br)cc3)n3[n+]2CCCCC3)c1. The van der Waals surface area contributed by atoms with Gasteiger partial charge in [-0.25, -0.2) is 0 Å². The Morgan fingerprint density at radius 1 is 0.893 bits per heavy atom. The summed E-state index contributed by atoms with van der Waals surface area (Å²) in [6, 6.07) is 15.7. The third-order valence-electron chi connectivity index (χ3n) is 4.99. The summed E-state index contributed by atoms with van der Waals surface area (Å²) >= 11 is 3.46. The lowest BCUT2D eigenvalue weighted by Crippen LogP contribution is -2.44. The molecule has 0 atom stereocenters. The van der Waals surface area contributed by atoms with Crippen LogP contribution in [0.15, 0.2) is 59.1 Å². The van der Waals surface area contributed by atoms with Crippen molar-refractivity contribution < 1.29 is 17.9 Å². The molecule has 4 rings (SSSR count). The molecule has 1 aliphatic rings. The molecule has 0 aliphatic carbocycles. The topological polar surface area (TPSA) is 8.81 Å². The minimum Gasteiger partial charge on any atom is -0.166 e. The zero-order chi connectivity index (χ0) is 19.0. The third-order valence-corrected chi connectivity index (χ3v) is 5.52. The fraction of sp³-hybridized carbons (Fsp3) is 0.286. The first-order valence-corrected chi connectivity index (χ1v) is 9.80. The second-order valence-corrected chi connectivity index (χ2v) is 7.72. The molecule has 7 heteroatoms. The normalized spacial score (nSPS) is 14.1. The van der Waals surface area contributed by atoms with Gasteiger partial charge in [0.15, 0.2) is 6.54 Å². The monoisotopic (exact) mass is 515 g/mol. The Labute approximate surface area is 180 Å². The summed E-state index contributed by atoms with van der Waals surface area (Å²) in [4.78, 5) is 0. The van der Waals surface area contributed by atoms with E-state index in [4.69, 9.17) is 0 Å². The van der Waals surface area contributed by atoms with Crippen molar-refractivity contribution in [2.24, 2.45) is 0 Å². The van der Waals surface area contributed by atoms with Gasteiger partial charge in [0.25, 0.3) is 0 Å². The quantitative estimate of drug-likeness (QED) is 0.337. The molecule has 0 unspecified atom stereocenters. The maximum atomic E-state index is 13.2. The molecule has 0 amide bonds. The predicted octanol–water partition coefficient (Wildman–Crippen LogP) is 6.65. The fourth-order valence-corrected chi connectivity index (χ4v) is 3.93. The minimum absolute atomic E-state index is 0. The van der Waals surface area contributed by atoms with Crippen LogP contribution in [-0.4, -0.2) is 4.68 Å². The first-order chi connectivity index (χ1) is 12.9. The number of aromatic nitrogens is 2. The van der Waals surface area contributed by atoms with Crippen LogP contribution in [0.25, 0.3) is 22.5 Å². The Hall–Kier alpha value is -1.60. The highest BCUT2D eigenvalue weighted by atomic mass is 79.9. The molecule has 1 aromatic heterocycles. The van der Waals surface area contributed by atoms with E-state index in [-0.39, 0.29) is 17.0 Å². The zero-order valence-corrected chi connectivity index (χ0v) is 18.3. The largest absolute Gasteiger partial charge is 0.416 e. The lowest BCUT2D eigenvalue weighted by molar-refractivity contribution is -0.763. The molecule has 0 saturated carbocycles. The molecule has 0 bridgehead atoms. The van der Waals surface area contributed by atoms with Gasteiger partial charge in [0.1, 0.15) is 5.69 Å². The summed E-state index contributed by atoms with van der Waals surface area (Å²) in [5.41, 5.74) is 2.92. The van der Waals surface area contributed by atoms with Crippen molar-refractivity contribution in [1.82, 2.24) is 4.68 Å². The van der Waals surface area contributed by atoms with Crippen molar-refractivity contribution in [3.05, 3.63) is 64.6 Å². The van der Waals surface area contributed by atoms with Gasteiger partial charge in [0.2, 0.25) is 5.69 Å². The highest BCUT2D eigenvalue weighted by Crippen LogP contribution is 2.33. The number of hydrogen-bond acceptors (Lipinski definition) is 0. The number of rotatable bonds is 2. The van der Waals surface area contributed by atoms with Gasteiger partial charge in [-0.05, 0) is 43.2 Å². The average Bonchev–Trinajstić information content (AvgIpc) is 2.83. The van der Waals surface area contributed by atoms with E-state index >= 15 is 0 Å². The standard InChI is InChI=1S/C21H19BrF3N2.BrH/c22-18-9-7-15(8-10-18)19-14-20(27-12-3-1-2-11-26(19)27)16-5-4-6-17(13-16)21(23,24)25;/h4-10,13-14H,1-3,11-12H2;1H/q+1;. The van der Waals surface area contributed by atoms with Gasteiger partial charge in [-0.15, -0.1) is 21.7 Å². The number of fused-ring (bicyclic) bond motifs is 1. The van der Waals surface area contributed by atoms with E-state index in [0.717, 1.165) is 59.8 Å². The Morgan fingerprint density at radius 3 is 2.36 bits per heavy atom. The highest BCUT2D eigenvalue weighted by Gasteiger charge is 2.32. The molecule has 3 aromatic rings. The van der Waals surface area contributed by atoms with Gasteiger partial charge in [0, 0.05) is 28.1 Å². The molecule has 0 spiro atoms. The van der Waals surface area contributed by atoms with E-state index in [9.17, 15) is 13.2 Å². The Bertz CT molecular complexity index is 963. The minimum atomic E-state index is -4.34. The molecule has 0 saturated heterocycles. The van der Waals surface area contributed by atoms with Crippen LogP contribution >= 0.6 is 32.9 Å². The molecule has 2 aromatic carbocycles. The van der Waals surface area contributed by atoms with Crippen LogP contribution in [0.1, 0.15) is 24.8 Å². The maximum absolute atomic E-state index is 13.2. The predicted molar refractivity (Wildman–Crippen MR) is 112 cm³/mol. The van der Waals surface area contributed by atoms with Crippen molar-refractivity contribution >= 4 is 32.9 Å². The maximum Gasteiger partial charge on any atom is 0.416 e. The summed E-state index contributed by atoms with van der Waals surface area (Å²) in [5.74, 6) is 0. The first kappa shape index (κ1) is 21.1. The van der Waals surface area contributed by atoms with Crippen molar-refractivity contribution in [2.75, 3.05) is 0 Å². The number of alkyl halides is 3. The number of hydrogen-bond donors (Lipinski definition) is 0. The van der Waals surface area contributed by atoms with Crippen LogP contribution < -0.4 is 4.68 Å². The summed E-state index contributed by atoms with van der Waals surface area (Å²) in [6.45, 7) is 1.67. The summed E-state index contributed by atoms with van der Waals surface area (Å²) in [7, 11) is 0. The molecule has 2 nitrogen and oxygen atoms in total. The Kier molecular flexibility index (Phi) is 6.34. The lowest BCUT2D eigenvalue weighted by atomic mass is 10.1. The third kappa shape index (κ3) is 4.20. The van der Waals surface area contributed by atoms with Gasteiger partial charge in [-0.3, -0.25) is 0 Å². The van der Waals surface area contributed by atoms with Gasteiger partial charge in [-0.2, -0.15) is 17.9 Å². The lowest BCUT2D eigenvalue weighted by Gasteiger charge is -2.07. The van der Waals surface area contributed by atoms with Crippen LogP contribution in [0.5, 0.6) is 0 Å². The van der Waals surface area contributed by atoms with Crippen molar-refractivity contribution in [2.45, 2.75) is 38.5 Å². The molecule has 0 radical (unpaired) electrons. The van der Waals surface area contributed by atoms with E-state index in [0.29, 0.717) is 5.56 Å². The second kappa shape index (κ2) is 8.41. The molecule has 1 aliphatic heterocycles. The molecular weight excluding hydrogens is 497 g/mol. The fourth-order valence-electron chi connectivity index (χ4n) is 3.66. The summed E-state index contributed by atoms with van der Waals surface area (Å²) < 4.78 is 44.9. The molecule has 28 heavy (non-hydrogen) atoms. The zero-order valence-electron chi connectivity index (χ0n) is 15.0. The van der Waals surface area contributed by atoms with Crippen LogP contribution in [0.3, 0.4) is 0 Å². The molecular formula is C21H20Br2F3N2+. The van der Waals surface area contributed by atoms with Crippen LogP contribution in [0, 0.1) is 0 Å². The Morgan fingerprint density at radius 2 is 1.64 bits per heavy atom. The van der Waals surface area contributed by atoms with Gasteiger partial charge in [-0.1, -0.05) is 34.1 Å². The number of halogens is 5. The Balaban J connectivity index is 0.00000225. The molecule has 0 N–H and O–H groups in total. The van der Waals surface area contributed by atoms with Crippen molar-refractivity contribution in [1.29, 1.82) is 0 Å². The summed E-state index contributed by atoms with van der Waals surface area (Å²) in [5, 5.41) is 0. The average molecular weight is 517 g/mol. The van der Waals surface area contributed by atoms with Crippen molar-refractivity contribution in [3.63, 3.8) is 0 Å². The van der Waals surface area contributed by atoms with Gasteiger partial charge in [0.05, 0.1) is 12.1 Å². The second-order valence-electron chi connectivity index (χ2n) is 6.81. The van der Waals surface area contributed by atoms with Crippen molar-refractivity contribution in [3.8, 4) is 22.5 Å². The molecule has 2 heterocycles. The van der Waals surface area contributed by atoms with Gasteiger partial charge >= 0.3 is 6.18 Å². The number of benzene rings is 2. The van der Waals surface area contributed by atoms with E-state index in [1.54, 1.807) is 6.07 Å². The number of nitrogens with zero attached hydrogens (tertiary/aromatic N) is 2. The van der Waals surface area contributed by atoms with E-state index in [1.165, 1.54) is 12.1 Å². The van der Waals surface area contributed by atoms with Crippen LogP contribution in [0.2, 0.25) is 0 Å². The van der Waals surface area contributed by atoms with E-state index in [1.807, 2.05) is 30.3 Å². The van der Waals surface area contributed by atoms with Crippen LogP contribution in [-0.2, 0) is 19.3 Å².